The van der Waals surface area contributed by atoms with Crippen LogP contribution in [0.15, 0.2) is 36.5 Å². The quantitative estimate of drug-likeness (QED) is 0.738. The van der Waals surface area contributed by atoms with Crippen molar-refractivity contribution in [3.63, 3.8) is 0 Å². The topological polar surface area (TPSA) is 107 Å². The summed E-state index contributed by atoms with van der Waals surface area (Å²) < 4.78 is 10.8. The van der Waals surface area contributed by atoms with E-state index in [9.17, 15) is 14.4 Å². The number of fused-ring (bicyclic) bond motifs is 1. The zero-order valence-corrected chi connectivity index (χ0v) is 15.9. The average Bonchev–Trinajstić information content (AvgIpc) is 3.37. The fraction of sp³-hybridized carbons (Fsp3) is 0.333. The second-order valence-corrected chi connectivity index (χ2v) is 7.07. The van der Waals surface area contributed by atoms with Crippen molar-refractivity contribution in [3.05, 3.63) is 47.7 Å². The van der Waals surface area contributed by atoms with E-state index in [4.69, 9.17) is 9.47 Å². The summed E-state index contributed by atoms with van der Waals surface area (Å²) >= 11 is 0. The lowest BCUT2D eigenvalue weighted by molar-refractivity contribution is -0.126. The zero-order chi connectivity index (χ0) is 20.4. The van der Waals surface area contributed by atoms with Crippen LogP contribution in [0.3, 0.4) is 0 Å². The Kier molecular flexibility index (Phi) is 5.16. The third-order valence-electron chi connectivity index (χ3n) is 5.10. The van der Waals surface area contributed by atoms with E-state index >= 15 is 0 Å². The smallest absolute Gasteiger partial charge is 0.339 e. The Balaban J connectivity index is 1.43. The van der Waals surface area contributed by atoms with Gasteiger partial charge in [-0.15, -0.1) is 0 Å². The largest absolute Gasteiger partial charge is 0.487 e. The second-order valence-electron chi connectivity index (χ2n) is 7.07. The van der Waals surface area contributed by atoms with Crippen LogP contribution in [-0.2, 0) is 20.7 Å². The Morgan fingerprint density at radius 1 is 1.31 bits per heavy atom. The normalized spacial score (nSPS) is 19.8. The first-order valence-electron chi connectivity index (χ1n) is 9.45. The summed E-state index contributed by atoms with van der Waals surface area (Å²) in [6, 6.07) is 8.79. The Morgan fingerprint density at radius 3 is 2.86 bits per heavy atom. The predicted molar refractivity (Wildman–Crippen MR) is 103 cm³/mol. The molecule has 1 unspecified atom stereocenters. The van der Waals surface area contributed by atoms with Crippen LogP contribution in [0.1, 0.15) is 28.8 Å². The van der Waals surface area contributed by atoms with Crippen LogP contribution in [0.5, 0.6) is 5.75 Å². The number of nitrogens with one attached hydrogen (secondary N) is 2. The van der Waals surface area contributed by atoms with Gasteiger partial charge in [-0.2, -0.15) is 0 Å². The molecular formula is C21H21N3O5. The van der Waals surface area contributed by atoms with Gasteiger partial charge in [-0.1, -0.05) is 12.1 Å². The second kappa shape index (κ2) is 7.90. The van der Waals surface area contributed by atoms with Gasteiger partial charge in [-0.3, -0.25) is 14.6 Å². The summed E-state index contributed by atoms with van der Waals surface area (Å²) in [5, 5.41) is 5.52. The lowest BCUT2D eigenvalue weighted by atomic mass is 10.0. The standard InChI is InChI=1S/C21H21N3O5/c1-28-21(27)13-5-6-16(22-10-13)15-4-2-3-12-9-14(29-19(12)15)11-23-20(26)17-7-8-18(25)24-17/h2-6,10,14,17H,7-9,11H2,1H3,(H,23,26)(H,24,25)/t14?,17-/m0/s1. The molecule has 0 radical (unpaired) electrons. The molecule has 0 saturated carbocycles. The number of amides is 2. The summed E-state index contributed by atoms with van der Waals surface area (Å²) in [5.41, 5.74) is 2.93. The van der Waals surface area contributed by atoms with Crippen molar-refractivity contribution in [3.8, 4) is 17.0 Å². The summed E-state index contributed by atoms with van der Waals surface area (Å²) in [7, 11) is 1.33. The molecule has 2 aliphatic heterocycles. The van der Waals surface area contributed by atoms with Gasteiger partial charge in [-0.05, 0) is 30.2 Å². The summed E-state index contributed by atoms with van der Waals surface area (Å²) in [5.74, 6) is 0.0211. The molecule has 8 heteroatoms. The molecule has 1 aromatic carbocycles. The first kappa shape index (κ1) is 18.9. The van der Waals surface area contributed by atoms with Crippen molar-refractivity contribution in [1.82, 2.24) is 15.6 Å². The van der Waals surface area contributed by atoms with E-state index < -0.39 is 12.0 Å². The van der Waals surface area contributed by atoms with Gasteiger partial charge in [0.1, 0.15) is 17.9 Å². The van der Waals surface area contributed by atoms with E-state index in [0.717, 1.165) is 16.9 Å². The number of pyridine rings is 1. The van der Waals surface area contributed by atoms with Crippen LogP contribution in [-0.4, -0.2) is 48.6 Å². The van der Waals surface area contributed by atoms with Crippen molar-refractivity contribution < 1.29 is 23.9 Å². The maximum atomic E-state index is 12.2. The first-order chi connectivity index (χ1) is 14.0. The highest BCUT2D eigenvalue weighted by molar-refractivity contribution is 5.91. The molecule has 1 aromatic heterocycles. The third-order valence-corrected chi connectivity index (χ3v) is 5.10. The van der Waals surface area contributed by atoms with E-state index in [1.54, 1.807) is 12.1 Å². The Labute approximate surface area is 167 Å². The number of methoxy groups -OCH3 is 1. The van der Waals surface area contributed by atoms with Gasteiger partial charge >= 0.3 is 5.97 Å². The molecule has 150 valence electrons. The van der Waals surface area contributed by atoms with E-state index in [1.165, 1.54) is 13.3 Å². The van der Waals surface area contributed by atoms with Gasteiger partial charge < -0.3 is 20.1 Å². The van der Waals surface area contributed by atoms with Crippen molar-refractivity contribution >= 4 is 17.8 Å². The van der Waals surface area contributed by atoms with Gasteiger partial charge in [0, 0.05) is 24.6 Å². The molecular weight excluding hydrogens is 374 g/mol. The number of carbonyl (C=O) groups excluding carboxylic acids is 3. The number of carbonyl (C=O) groups is 3. The third kappa shape index (κ3) is 3.91. The highest BCUT2D eigenvalue weighted by Crippen LogP contribution is 2.38. The van der Waals surface area contributed by atoms with E-state index in [2.05, 4.69) is 15.6 Å². The van der Waals surface area contributed by atoms with Gasteiger partial charge in [-0.25, -0.2) is 4.79 Å². The van der Waals surface area contributed by atoms with Crippen molar-refractivity contribution in [1.29, 1.82) is 0 Å². The number of rotatable bonds is 5. The molecule has 1 fully saturated rings. The number of hydrogen-bond acceptors (Lipinski definition) is 6. The number of nitrogens with zero attached hydrogens (tertiary/aromatic N) is 1. The Bertz CT molecular complexity index is 957. The number of hydrogen-bond donors (Lipinski definition) is 2. The minimum Gasteiger partial charge on any atom is -0.487 e. The van der Waals surface area contributed by atoms with Gasteiger partial charge in [0.05, 0.1) is 24.9 Å². The molecule has 0 spiro atoms. The van der Waals surface area contributed by atoms with Crippen LogP contribution in [0, 0.1) is 0 Å². The number of benzene rings is 1. The van der Waals surface area contributed by atoms with Crippen LogP contribution in [0.2, 0.25) is 0 Å². The number of ether oxygens (including phenoxy) is 2. The lowest BCUT2D eigenvalue weighted by Crippen LogP contribution is -2.44. The molecule has 0 bridgehead atoms. The molecule has 2 amide bonds. The monoisotopic (exact) mass is 395 g/mol. The first-order valence-corrected chi connectivity index (χ1v) is 9.45. The molecule has 4 rings (SSSR count). The van der Waals surface area contributed by atoms with Crippen molar-refractivity contribution in [2.24, 2.45) is 0 Å². The fourth-order valence-electron chi connectivity index (χ4n) is 3.59. The predicted octanol–water partition coefficient (Wildman–Crippen LogP) is 1.23. The minimum absolute atomic E-state index is 0.0926. The Morgan fingerprint density at radius 2 is 2.17 bits per heavy atom. The number of aromatic nitrogens is 1. The van der Waals surface area contributed by atoms with E-state index in [1.807, 2.05) is 18.2 Å². The molecule has 8 nitrogen and oxygen atoms in total. The fourth-order valence-corrected chi connectivity index (χ4v) is 3.59. The number of esters is 1. The van der Waals surface area contributed by atoms with Crippen LogP contribution in [0.4, 0.5) is 0 Å². The maximum Gasteiger partial charge on any atom is 0.339 e. The lowest BCUT2D eigenvalue weighted by Gasteiger charge is -2.15. The average molecular weight is 395 g/mol. The van der Waals surface area contributed by atoms with Gasteiger partial charge in [0.2, 0.25) is 11.8 Å². The number of para-hydroxylation sites is 1. The molecule has 3 heterocycles. The SMILES string of the molecule is COC(=O)c1ccc(-c2cccc3c2OC(CNC(=O)[C@@H]2CCC(=O)N2)C3)nc1. The van der Waals surface area contributed by atoms with Crippen LogP contribution < -0.4 is 15.4 Å². The van der Waals surface area contributed by atoms with Crippen LogP contribution in [0.25, 0.3) is 11.3 Å². The maximum absolute atomic E-state index is 12.2. The molecule has 2 N–H and O–H groups in total. The van der Waals surface area contributed by atoms with Gasteiger partial charge in [0.25, 0.3) is 0 Å². The molecule has 2 aliphatic rings. The summed E-state index contributed by atoms with van der Waals surface area (Å²) in [6.45, 7) is 0.355. The van der Waals surface area contributed by atoms with E-state index in [-0.39, 0.29) is 17.9 Å². The molecule has 29 heavy (non-hydrogen) atoms. The summed E-state index contributed by atoms with van der Waals surface area (Å²) in [4.78, 5) is 39.4. The molecule has 0 aliphatic carbocycles. The highest BCUT2D eigenvalue weighted by Gasteiger charge is 2.30. The van der Waals surface area contributed by atoms with Crippen molar-refractivity contribution in [2.45, 2.75) is 31.4 Å². The highest BCUT2D eigenvalue weighted by atomic mass is 16.5. The van der Waals surface area contributed by atoms with E-state index in [0.29, 0.717) is 37.1 Å². The van der Waals surface area contributed by atoms with Gasteiger partial charge in [0.15, 0.2) is 0 Å². The van der Waals surface area contributed by atoms with Crippen LogP contribution >= 0.6 is 0 Å². The molecule has 2 aromatic rings. The zero-order valence-electron chi connectivity index (χ0n) is 15.9. The van der Waals surface area contributed by atoms with Crippen molar-refractivity contribution in [2.75, 3.05) is 13.7 Å². The molecule has 1 saturated heterocycles. The minimum atomic E-state index is -0.459. The Hall–Kier alpha value is -3.42. The summed E-state index contributed by atoms with van der Waals surface area (Å²) in [6.07, 6.45) is 2.85. The molecule has 2 atom stereocenters.